The second-order valence-electron chi connectivity index (χ2n) is 4.45. The molecule has 0 aliphatic carbocycles. The molecule has 0 saturated carbocycles. The molecule has 0 bridgehead atoms. The van der Waals surface area contributed by atoms with Gasteiger partial charge in [0.2, 0.25) is 0 Å². The topological polar surface area (TPSA) is 46.5 Å². The third-order valence-corrected chi connectivity index (χ3v) is 2.80. The van der Waals surface area contributed by atoms with E-state index in [0.717, 1.165) is 18.6 Å². The maximum Gasteiger partial charge on any atom is 0.303 e. The molecule has 0 fully saturated rings. The monoisotopic (exact) mass is 250 g/mol. The Bertz CT molecular complexity index is 343. The fourth-order valence-electron chi connectivity index (χ4n) is 1.70. The lowest BCUT2D eigenvalue weighted by Crippen LogP contribution is -2.00. The van der Waals surface area contributed by atoms with Crippen LogP contribution in [0.2, 0.25) is 0 Å². The van der Waals surface area contributed by atoms with Crippen molar-refractivity contribution in [3.63, 3.8) is 0 Å². The van der Waals surface area contributed by atoms with Crippen LogP contribution in [-0.2, 0) is 11.2 Å². The van der Waals surface area contributed by atoms with Crippen molar-refractivity contribution < 1.29 is 14.6 Å². The number of aliphatic carboxylic acids is 1. The number of carboxylic acid groups (broad SMARTS) is 1. The van der Waals surface area contributed by atoms with Gasteiger partial charge in [0.25, 0.3) is 0 Å². The number of ether oxygens (including phenoxy) is 1. The predicted octanol–water partition coefficient (Wildman–Crippen LogP) is 3.66. The van der Waals surface area contributed by atoms with E-state index in [4.69, 9.17) is 9.84 Å². The number of hydrogen-bond acceptors (Lipinski definition) is 2. The molecule has 0 aliphatic rings. The predicted molar refractivity (Wildman–Crippen MR) is 72.0 cm³/mol. The molecule has 0 aliphatic heterocycles. The van der Waals surface area contributed by atoms with Crippen molar-refractivity contribution in [1.29, 1.82) is 0 Å². The molecule has 1 aromatic rings. The molecule has 1 N–H and O–H groups in total. The summed E-state index contributed by atoms with van der Waals surface area (Å²) in [6.07, 6.45) is 5.22. The summed E-state index contributed by atoms with van der Waals surface area (Å²) in [5.74, 6) is 0.126. The van der Waals surface area contributed by atoms with Gasteiger partial charge in [-0.1, -0.05) is 25.5 Å². The van der Waals surface area contributed by atoms with Gasteiger partial charge in [0.15, 0.2) is 0 Å². The molecule has 0 spiro atoms. The van der Waals surface area contributed by atoms with Crippen LogP contribution in [0.1, 0.15) is 44.6 Å². The fourth-order valence-corrected chi connectivity index (χ4v) is 1.70. The van der Waals surface area contributed by atoms with Crippen LogP contribution in [0.25, 0.3) is 0 Å². The van der Waals surface area contributed by atoms with E-state index in [-0.39, 0.29) is 6.42 Å². The van der Waals surface area contributed by atoms with Crippen molar-refractivity contribution in [3.05, 3.63) is 29.8 Å². The first-order valence-electron chi connectivity index (χ1n) is 6.66. The molecule has 18 heavy (non-hydrogen) atoms. The average molecular weight is 250 g/mol. The molecule has 0 heterocycles. The lowest BCUT2D eigenvalue weighted by molar-refractivity contribution is -0.137. The zero-order valence-electron chi connectivity index (χ0n) is 11.0. The van der Waals surface area contributed by atoms with Crippen LogP contribution in [0.3, 0.4) is 0 Å². The molecule has 1 aromatic carbocycles. The highest BCUT2D eigenvalue weighted by Gasteiger charge is 1.98. The summed E-state index contributed by atoms with van der Waals surface area (Å²) in [7, 11) is 0. The Morgan fingerprint density at radius 2 is 1.89 bits per heavy atom. The standard InChI is InChI=1S/C15H22O3/c1-2-3-6-13-8-10-14(11-9-13)18-12-5-4-7-15(16)17/h8-11H,2-7,12H2,1H3,(H,16,17). The molecule has 0 amide bonds. The number of hydrogen-bond donors (Lipinski definition) is 1. The number of aryl methyl sites for hydroxylation is 1. The Labute approximate surface area is 109 Å². The summed E-state index contributed by atoms with van der Waals surface area (Å²) in [5.41, 5.74) is 1.34. The molecule has 3 nitrogen and oxygen atoms in total. The molecule has 0 radical (unpaired) electrons. The molecular weight excluding hydrogens is 228 g/mol. The van der Waals surface area contributed by atoms with Crippen molar-refractivity contribution in [2.45, 2.75) is 45.4 Å². The smallest absolute Gasteiger partial charge is 0.303 e. The highest BCUT2D eigenvalue weighted by atomic mass is 16.5. The summed E-state index contributed by atoms with van der Waals surface area (Å²) < 4.78 is 5.55. The van der Waals surface area contributed by atoms with Gasteiger partial charge < -0.3 is 9.84 Å². The third kappa shape index (κ3) is 6.28. The number of rotatable bonds is 9. The minimum atomic E-state index is -0.740. The number of carboxylic acids is 1. The lowest BCUT2D eigenvalue weighted by atomic mass is 10.1. The fraction of sp³-hybridized carbons (Fsp3) is 0.533. The normalized spacial score (nSPS) is 10.3. The maximum absolute atomic E-state index is 10.3. The summed E-state index contributed by atoms with van der Waals surface area (Å²) in [6, 6.07) is 8.18. The van der Waals surface area contributed by atoms with Crippen LogP contribution in [0.15, 0.2) is 24.3 Å². The summed E-state index contributed by atoms with van der Waals surface area (Å²) >= 11 is 0. The van der Waals surface area contributed by atoms with E-state index < -0.39 is 5.97 Å². The molecule has 0 aromatic heterocycles. The lowest BCUT2D eigenvalue weighted by Gasteiger charge is -2.06. The number of benzene rings is 1. The van der Waals surface area contributed by atoms with Crippen molar-refractivity contribution >= 4 is 5.97 Å². The summed E-state index contributed by atoms with van der Waals surface area (Å²) in [5, 5.41) is 8.49. The van der Waals surface area contributed by atoms with E-state index in [0.29, 0.717) is 13.0 Å². The first-order valence-corrected chi connectivity index (χ1v) is 6.66. The minimum Gasteiger partial charge on any atom is -0.494 e. The summed E-state index contributed by atoms with van der Waals surface area (Å²) in [6.45, 7) is 2.77. The van der Waals surface area contributed by atoms with Crippen LogP contribution in [0, 0.1) is 0 Å². The van der Waals surface area contributed by atoms with Gasteiger partial charge in [-0.2, -0.15) is 0 Å². The van der Waals surface area contributed by atoms with E-state index in [1.165, 1.54) is 18.4 Å². The van der Waals surface area contributed by atoms with Gasteiger partial charge >= 0.3 is 5.97 Å². The first-order chi connectivity index (χ1) is 8.72. The maximum atomic E-state index is 10.3. The van der Waals surface area contributed by atoms with E-state index >= 15 is 0 Å². The molecule has 0 unspecified atom stereocenters. The van der Waals surface area contributed by atoms with E-state index in [2.05, 4.69) is 19.1 Å². The minimum absolute atomic E-state index is 0.222. The zero-order valence-corrected chi connectivity index (χ0v) is 11.0. The van der Waals surface area contributed by atoms with Gasteiger partial charge in [-0.05, 0) is 43.4 Å². The highest BCUT2D eigenvalue weighted by molar-refractivity contribution is 5.66. The zero-order chi connectivity index (χ0) is 13.2. The Balaban J connectivity index is 2.20. The van der Waals surface area contributed by atoms with Crippen molar-refractivity contribution in [3.8, 4) is 5.75 Å². The highest BCUT2D eigenvalue weighted by Crippen LogP contribution is 2.14. The Morgan fingerprint density at radius 3 is 2.50 bits per heavy atom. The van der Waals surface area contributed by atoms with Crippen LogP contribution >= 0.6 is 0 Å². The molecular formula is C15H22O3. The van der Waals surface area contributed by atoms with Crippen molar-refractivity contribution in [2.75, 3.05) is 6.61 Å². The number of carbonyl (C=O) groups is 1. The second-order valence-corrected chi connectivity index (χ2v) is 4.45. The molecule has 0 saturated heterocycles. The van der Waals surface area contributed by atoms with Crippen molar-refractivity contribution in [1.82, 2.24) is 0 Å². The van der Waals surface area contributed by atoms with Crippen LogP contribution < -0.4 is 4.74 Å². The van der Waals surface area contributed by atoms with Crippen LogP contribution in [0.4, 0.5) is 0 Å². The average Bonchev–Trinajstić information content (AvgIpc) is 2.37. The Hall–Kier alpha value is -1.51. The van der Waals surface area contributed by atoms with Gasteiger partial charge in [-0.25, -0.2) is 0 Å². The van der Waals surface area contributed by atoms with Gasteiger partial charge in [0, 0.05) is 6.42 Å². The number of unbranched alkanes of at least 4 members (excludes halogenated alkanes) is 2. The van der Waals surface area contributed by atoms with Crippen molar-refractivity contribution in [2.24, 2.45) is 0 Å². The van der Waals surface area contributed by atoms with E-state index in [1.807, 2.05) is 12.1 Å². The molecule has 3 heteroatoms. The van der Waals surface area contributed by atoms with Gasteiger partial charge in [-0.3, -0.25) is 4.79 Å². The van der Waals surface area contributed by atoms with Crippen LogP contribution in [-0.4, -0.2) is 17.7 Å². The quantitative estimate of drug-likeness (QED) is 0.680. The van der Waals surface area contributed by atoms with Gasteiger partial charge in [0.05, 0.1) is 6.61 Å². The van der Waals surface area contributed by atoms with E-state index in [9.17, 15) is 4.79 Å². The largest absolute Gasteiger partial charge is 0.494 e. The Morgan fingerprint density at radius 1 is 1.17 bits per heavy atom. The molecule has 100 valence electrons. The summed E-state index contributed by atoms with van der Waals surface area (Å²) in [4.78, 5) is 10.3. The van der Waals surface area contributed by atoms with Gasteiger partial charge in [0.1, 0.15) is 5.75 Å². The van der Waals surface area contributed by atoms with E-state index in [1.54, 1.807) is 0 Å². The SMILES string of the molecule is CCCCc1ccc(OCCCCC(=O)O)cc1. The first kappa shape index (κ1) is 14.6. The third-order valence-electron chi connectivity index (χ3n) is 2.80. The Kier molecular flexibility index (Phi) is 6.92. The molecule has 0 atom stereocenters. The second kappa shape index (κ2) is 8.56. The van der Waals surface area contributed by atoms with Crippen LogP contribution in [0.5, 0.6) is 5.75 Å². The molecule has 1 rings (SSSR count). The van der Waals surface area contributed by atoms with Gasteiger partial charge in [-0.15, -0.1) is 0 Å².